The van der Waals surface area contributed by atoms with Crippen LogP contribution in [0.5, 0.6) is 5.75 Å². The topological polar surface area (TPSA) is 74.2 Å². The fourth-order valence-corrected chi connectivity index (χ4v) is 3.65. The van der Waals surface area contributed by atoms with Gasteiger partial charge in [0.25, 0.3) is 5.91 Å². The van der Waals surface area contributed by atoms with Crippen LogP contribution in [0.2, 0.25) is 0 Å². The van der Waals surface area contributed by atoms with Gasteiger partial charge in [-0.2, -0.15) is 4.99 Å². The van der Waals surface area contributed by atoms with Crippen molar-refractivity contribution in [2.24, 2.45) is 4.99 Å². The molecule has 1 N–H and O–H groups in total. The van der Waals surface area contributed by atoms with Gasteiger partial charge in [-0.1, -0.05) is 30.3 Å². The molecule has 0 spiro atoms. The minimum atomic E-state index is -0.615. The van der Waals surface area contributed by atoms with E-state index >= 15 is 0 Å². The van der Waals surface area contributed by atoms with Crippen LogP contribution in [-0.4, -0.2) is 61.9 Å². The first-order chi connectivity index (χ1) is 14.1. The second-order valence-corrected chi connectivity index (χ2v) is 7.14. The number of hydrogen-bond acceptors (Lipinski definition) is 6. The molecular formula is C22H24N4O3. The van der Waals surface area contributed by atoms with Crippen LogP contribution in [0.15, 0.2) is 59.6 Å². The molecule has 0 aliphatic carbocycles. The van der Waals surface area contributed by atoms with E-state index in [0.717, 1.165) is 26.2 Å². The third-order valence-electron chi connectivity index (χ3n) is 5.30. The molecule has 7 heteroatoms. The van der Waals surface area contributed by atoms with Gasteiger partial charge in [-0.3, -0.25) is 9.59 Å². The molecule has 2 aromatic carbocycles. The van der Waals surface area contributed by atoms with Gasteiger partial charge in [0.2, 0.25) is 5.96 Å². The predicted octanol–water partition coefficient (Wildman–Crippen LogP) is 1.94. The zero-order valence-electron chi connectivity index (χ0n) is 16.4. The van der Waals surface area contributed by atoms with Crippen molar-refractivity contribution in [1.29, 1.82) is 0 Å². The van der Waals surface area contributed by atoms with Gasteiger partial charge in [-0.15, -0.1) is 0 Å². The number of nitrogens with zero attached hydrogens (tertiary/aromatic N) is 3. The van der Waals surface area contributed by atoms with Gasteiger partial charge in [0.15, 0.2) is 5.78 Å². The lowest BCUT2D eigenvalue weighted by Gasteiger charge is -2.37. The molecule has 1 atom stereocenters. The number of methoxy groups -OCH3 is 1. The first-order valence-electron chi connectivity index (χ1n) is 9.75. The number of ether oxygens (including phenoxy) is 1. The zero-order valence-corrected chi connectivity index (χ0v) is 16.4. The summed E-state index contributed by atoms with van der Waals surface area (Å²) >= 11 is 0. The molecule has 0 aromatic heterocycles. The van der Waals surface area contributed by atoms with E-state index in [2.05, 4.69) is 32.2 Å². The number of rotatable bonds is 5. The lowest BCUT2D eigenvalue weighted by atomic mass is 10.0. The molecular weight excluding hydrogens is 368 g/mol. The molecule has 150 valence electrons. The highest BCUT2D eigenvalue weighted by atomic mass is 16.5. The molecule has 1 saturated heterocycles. The molecule has 0 bridgehead atoms. The maximum absolute atomic E-state index is 12.6. The van der Waals surface area contributed by atoms with E-state index in [1.807, 2.05) is 18.2 Å². The van der Waals surface area contributed by atoms with Crippen LogP contribution in [0.1, 0.15) is 16.8 Å². The summed E-state index contributed by atoms with van der Waals surface area (Å²) in [7, 11) is 1.56. The van der Waals surface area contributed by atoms with E-state index in [1.54, 1.807) is 31.4 Å². The van der Waals surface area contributed by atoms with E-state index in [0.29, 0.717) is 17.3 Å². The standard InChI is InChI=1S/C22H24N4O3/c1-29-18-9-5-6-16(14-18)20(27)15-19-21(28)24-22(23-19)26-12-10-25(11-13-26)17-7-3-2-4-8-17/h2-9,14,19H,10-13,15H2,1H3,(H,23,24,28). The van der Waals surface area contributed by atoms with Crippen molar-refractivity contribution < 1.29 is 14.3 Å². The van der Waals surface area contributed by atoms with Crippen LogP contribution >= 0.6 is 0 Å². The van der Waals surface area contributed by atoms with Gasteiger partial charge in [0, 0.05) is 43.9 Å². The summed E-state index contributed by atoms with van der Waals surface area (Å²) in [5, 5.41) is 3.15. The Bertz CT molecular complexity index is 921. The average Bonchev–Trinajstić information content (AvgIpc) is 3.14. The van der Waals surface area contributed by atoms with Crippen LogP contribution in [-0.2, 0) is 4.79 Å². The summed E-state index contributed by atoms with van der Waals surface area (Å²) in [5.41, 5.74) is 1.73. The van der Waals surface area contributed by atoms with E-state index < -0.39 is 6.04 Å². The Balaban J connectivity index is 1.33. The summed E-state index contributed by atoms with van der Waals surface area (Å²) in [5.74, 6) is 0.794. The number of carbonyl (C=O) groups is 2. The molecule has 2 aliphatic rings. The SMILES string of the molecule is COc1cccc(C(=O)CC2NC(N3CCN(c4ccccc4)CC3)=NC2=O)c1. The Morgan fingerprint density at radius 1 is 1.07 bits per heavy atom. The Morgan fingerprint density at radius 2 is 1.79 bits per heavy atom. The van der Waals surface area contributed by atoms with E-state index in [9.17, 15) is 9.59 Å². The molecule has 2 aliphatic heterocycles. The number of anilines is 1. The second-order valence-electron chi connectivity index (χ2n) is 7.14. The number of para-hydroxylation sites is 1. The molecule has 1 unspecified atom stereocenters. The lowest BCUT2D eigenvalue weighted by molar-refractivity contribution is -0.118. The molecule has 0 radical (unpaired) electrons. The van der Waals surface area contributed by atoms with E-state index in [1.165, 1.54) is 5.69 Å². The normalized spacial score (nSPS) is 19.0. The number of hydrogen-bond donors (Lipinski definition) is 1. The molecule has 4 rings (SSSR count). The van der Waals surface area contributed by atoms with Crippen LogP contribution in [0.3, 0.4) is 0 Å². The fourth-order valence-electron chi connectivity index (χ4n) is 3.65. The number of benzene rings is 2. The Labute approximate surface area is 170 Å². The summed E-state index contributed by atoms with van der Waals surface area (Å²) in [4.78, 5) is 33.5. The maximum atomic E-state index is 12.6. The largest absolute Gasteiger partial charge is 0.497 e. The average molecular weight is 392 g/mol. The number of nitrogens with one attached hydrogen (secondary N) is 1. The van der Waals surface area contributed by atoms with Crippen LogP contribution in [0.25, 0.3) is 0 Å². The van der Waals surface area contributed by atoms with Crippen molar-refractivity contribution in [3.63, 3.8) is 0 Å². The Kier molecular flexibility index (Phi) is 5.46. The van der Waals surface area contributed by atoms with Crippen molar-refractivity contribution in [3.8, 4) is 5.75 Å². The Morgan fingerprint density at radius 3 is 2.52 bits per heavy atom. The van der Waals surface area contributed by atoms with E-state index in [-0.39, 0.29) is 18.1 Å². The number of carbonyl (C=O) groups excluding carboxylic acids is 2. The van der Waals surface area contributed by atoms with Gasteiger partial charge in [0.05, 0.1) is 7.11 Å². The Hall–Kier alpha value is -3.35. The lowest BCUT2D eigenvalue weighted by Crippen LogP contribution is -2.52. The number of guanidine groups is 1. The highest BCUT2D eigenvalue weighted by molar-refractivity contribution is 6.07. The zero-order chi connectivity index (χ0) is 20.2. The first-order valence-corrected chi connectivity index (χ1v) is 9.75. The third kappa shape index (κ3) is 4.23. The van der Waals surface area contributed by atoms with Crippen LogP contribution in [0.4, 0.5) is 5.69 Å². The molecule has 1 fully saturated rings. The minimum Gasteiger partial charge on any atom is -0.497 e. The predicted molar refractivity (Wildman–Crippen MR) is 112 cm³/mol. The quantitative estimate of drug-likeness (QED) is 0.784. The number of ketones is 1. The van der Waals surface area contributed by atoms with E-state index in [4.69, 9.17) is 4.74 Å². The summed E-state index contributed by atoms with van der Waals surface area (Å²) < 4.78 is 5.17. The van der Waals surface area contributed by atoms with Gasteiger partial charge in [-0.05, 0) is 24.3 Å². The number of aliphatic imine (C=N–C) groups is 1. The molecule has 2 heterocycles. The van der Waals surface area contributed by atoms with Crippen molar-refractivity contribution in [2.75, 3.05) is 38.2 Å². The number of amides is 1. The smallest absolute Gasteiger partial charge is 0.271 e. The third-order valence-corrected chi connectivity index (χ3v) is 5.30. The number of Topliss-reactive ketones (excluding diaryl/α,β-unsaturated/α-hetero) is 1. The molecule has 7 nitrogen and oxygen atoms in total. The highest BCUT2D eigenvalue weighted by Crippen LogP contribution is 2.18. The number of piperazine rings is 1. The summed E-state index contributed by atoms with van der Waals surface area (Å²) in [6.45, 7) is 3.24. The van der Waals surface area contributed by atoms with Crippen LogP contribution < -0.4 is 15.0 Å². The fraction of sp³-hybridized carbons (Fsp3) is 0.318. The summed E-state index contributed by atoms with van der Waals surface area (Å²) in [6.07, 6.45) is 0.0724. The van der Waals surface area contributed by atoms with Gasteiger partial charge < -0.3 is 19.9 Å². The van der Waals surface area contributed by atoms with Gasteiger partial charge >= 0.3 is 0 Å². The van der Waals surface area contributed by atoms with Crippen molar-refractivity contribution in [3.05, 3.63) is 60.2 Å². The molecule has 0 saturated carbocycles. The molecule has 1 amide bonds. The van der Waals surface area contributed by atoms with Crippen molar-refractivity contribution >= 4 is 23.3 Å². The monoisotopic (exact) mass is 392 g/mol. The van der Waals surface area contributed by atoms with Gasteiger partial charge in [-0.25, -0.2) is 0 Å². The molecule has 2 aromatic rings. The second kappa shape index (κ2) is 8.34. The summed E-state index contributed by atoms with van der Waals surface area (Å²) in [6, 6.07) is 16.6. The van der Waals surface area contributed by atoms with Crippen molar-refractivity contribution in [2.45, 2.75) is 12.5 Å². The van der Waals surface area contributed by atoms with Crippen molar-refractivity contribution in [1.82, 2.24) is 10.2 Å². The highest BCUT2D eigenvalue weighted by Gasteiger charge is 2.32. The minimum absolute atomic E-state index is 0.0724. The maximum Gasteiger partial charge on any atom is 0.271 e. The first kappa shape index (κ1) is 19.0. The molecule has 29 heavy (non-hydrogen) atoms. The van der Waals surface area contributed by atoms with Gasteiger partial charge in [0.1, 0.15) is 11.8 Å². The van der Waals surface area contributed by atoms with Crippen LogP contribution in [0, 0.1) is 0 Å².